The summed E-state index contributed by atoms with van der Waals surface area (Å²) in [5, 5.41) is 1.05. The van der Waals surface area contributed by atoms with Crippen LogP contribution in [0.3, 0.4) is 0 Å². The number of hydrogen-bond acceptors (Lipinski definition) is 4. The molecular formula is C14H11NO2S. The van der Waals surface area contributed by atoms with E-state index in [2.05, 4.69) is 11.1 Å². The normalized spacial score (nSPS) is 10.7. The highest BCUT2D eigenvalue weighted by molar-refractivity contribution is 7.99. The van der Waals surface area contributed by atoms with Crippen molar-refractivity contribution in [1.29, 1.82) is 0 Å². The van der Waals surface area contributed by atoms with E-state index in [0.717, 1.165) is 26.5 Å². The van der Waals surface area contributed by atoms with Gasteiger partial charge in [-0.1, -0.05) is 11.8 Å². The molecule has 1 aromatic carbocycles. The molecule has 0 atom stereocenters. The highest BCUT2D eigenvalue weighted by atomic mass is 32.2. The Kier molecular flexibility index (Phi) is 2.94. The molecule has 18 heavy (non-hydrogen) atoms. The van der Waals surface area contributed by atoms with Crippen LogP contribution >= 0.6 is 11.8 Å². The van der Waals surface area contributed by atoms with Crippen LogP contribution in [0, 0.1) is 0 Å². The summed E-state index contributed by atoms with van der Waals surface area (Å²) in [6, 6.07) is 9.98. The average Bonchev–Trinajstić information content (AvgIpc) is 2.87. The lowest BCUT2D eigenvalue weighted by molar-refractivity contribution is 0.409. The summed E-state index contributed by atoms with van der Waals surface area (Å²) in [4.78, 5) is 6.27. The molecule has 90 valence electrons. The van der Waals surface area contributed by atoms with Crippen LogP contribution in [-0.4, -0.2) is 12.1 Å². The van der Waals surface area contributed by atoms with E-state index in [0.29, 0.717) is 0 Å². The topological polar surface area (TPSA) is 35.3 Å². The summed E-state index contributed by atoms with van der Waals surface area (Å²) in [7, 11) is 1.65. The van der Waals surface area contributed by atoms with Gasteiger partial charge in [0.15, 0.2) is 11.3 Å². The van der Waals surface area contributed by atoms with E-state index in [1.807, 2.05) is 24.3 Å². The van der Waals surface area contributed by atoms with E-state index in [-0.39, 0.29) is 0 Å². The third-order valence-corrected chi connectivity index (χ3v) is 3.58. The van der Waals surface area contributed by atoms with Gasteiger partial charge in [-0.3, -0.25) is 4.98 Å². The first-order chi connectivity index (χ1) is 8.86. The van der Waals surface area contributed by atoms with E-state index < -0.39 is 0 Å². The lowest BCUT2D eigenvalue weighted by atomic mass is 10.2. The van der Waals surface area contributed by atoms with Gasteiger partial charge in [-0.25, -0.2) is 0 Å². The molecule has 4 heteroatoms. The predicted octanol–water partition coefficient (Wildman–Crippen LogP) is 3.99. The average molecular weight is 257 g/mol. The maximum atomic E-state index is 5.40. The van der Waals surface area contributed by atoms with Gasteiger partial charge in [0.2, 0.25) is 0 Å². The zero-order chi connectivity index (χ0) is 12.4. The smallest absolute Gasteiger partial charge is 0.175 e. The second-order valence-electron chi connectivity index (χ2n) is 3.75. The van der Waals surface area contributed by atoms with Crippen LogP contribution in [-0.2, 0) is 0 Å². The van der Waals surface area contributed by atoms with Crippen molar-refractivity contribution in [1.82, 2.24) is 4.98 Å². The first-order valence-corrected chi connectivity index (χ1v) is 6.31. The van der Waals surface area contributed by atoms with Crippen molar-refractivity contribution < 1.29 is 9.15 Å². The number of rotatable bonds is 3. The van der Waals surface area contributed by atoms with Crippen LogP contribution in [0.15, 0.2) is 63.2 Å². The lowest BCUT2D eigenvalue weighted by Crippen LogP contribution is -1.84. The van der Waals surface area contributed by atoms with Gasteiger partial charge in [0.1, 0.15) is 0 Å². The molecule has 0 amide bonds. The van der Waals surface area contributed by atoms with Gasteiger partial charge in [-0.15, -0.1) is 0 Å². The lowest BCUT2D eigenvalue weighted by Gasteiger charge is -2.05. The second-order valence-corrected chi connectivity index (χ2v) is 4.90. The van der Waals surface area contributed by atoms with Gasteiger partial charge in [0.25, 0.3) is 0 Å². The molecule has 0 radical (unpaired) electrons. The predicted molar refractivity (Wildman–Crippen MR) is 71.1 cm³/mol. The van der Waals surface area contributed by atoms with Gasteiger partial charge in [0.05, 0.1) is 13.4 Å². The molecule has 0 fully saturated rings. The van der Waals surface area contributed by atoms with Crippen LogP contribution in [0.4, 0.5) is 0 Å². The minimum Gasteiger partial charge on any atom is -0.493 e. The number of nitrogens with zero attached hydrogens (tertiary/aromatic N) is 1. The fraction of sp³-hybridized carbons (Fsp3) is 0.0714. The standard InChI is InChI=1S/C14H11NO2S/c1-16-13-9-12(8-10-4-7-17-14(10)13)18-11-2-5-15-6-3-11/h2-9H,1H3. The van der Waals surface area contributed by atoms with Crippen molar-refractivity contribution in [2.45, 2.75) is 9.79 Å². The molecule has 0 bridgehead atoms. The zero-order valence-corrected chi connectivity index (χ0v) is 10.6. The molecule has 0 aliphatic heterocycles. The molecular weight excluding hydrogens is 246 g/mol. The number of benzene rings is 1. The van der Waals surface area contributed by atoms with E-state index in [1.165, 1.54) is 0 Å². The van der Waals surface area contributed by atoms with Gasteiger partial charge in [-0.05, 0) is 30.3 Å². The maximum absolute atomic E-state index is 5.40. The SMILES string of the molecule is COc1cc(Sc2ccncc2)cc2ccoc12. The number of pyridine rings is 1. The van der Waals surface area contributed by atoms with Gasteiger partial charge < -0.3 is 9.15 Å². The minimum atomic E-state index is 0.758. The summed E-state index contributed by atoms with van der Waals surface area (Å²) in [6.07, 6.45) is 5.25. The summed E-state index contributed by atoms with van der Waals surface area (Å²) < 4.78 is 10.7. The Morgan fingerprint density at radius 2 is 1.94 bits per heavy atom. The Morgan fingerprint density at radius 1 is 1.11 bits per heavy atom. The fourth-order valence-corrected chi connectivity index (χ4v) is 2.66. The van der Waals surface area contributed by atoms with Crippen molar-refractivity contribution in [3.63, 3.8) is 0 Å². The third kappa shape index (κ3) is 2.07. The van der Waals surface area contributed by atoms with Crippen molar-refractivity contribution in [2.75, 3.05) is 7.11 Å². The largest absolute Gasteiger partial charge is 0.493 e. The molecule has 2 heterocycles. The number of ether oxygens (including phenoxy) is 1. The van der Waals surface area contributed by atoms with Crippen LogP contribution in [0.25, 0.3) is 11.0 Å². The quantitative estimate of drug-likeness (QED) is 0.710. The highest BCUT2D eigenvalue weighted by Crippen LogP contribution is 2.35. The van der Waals surface area contributed by atoms with Crippen molar-refractivity contribution >= 4 is 22.7 Å². The molecule has 0 unspecified atom stereocenters. The second kappa shape index (κ2) is 4.74. The van der Waals surface area contributed by atoms with Crippen LogP contribution < -0.4 is 4.74 Å². The Morgan fingerprint density at radius 3 is 2.72 bits per heavy atom. The number of furan rings is 1. The summed E-state index contributed by atoms with van der Waals surface area (Å²) in [5.74, 6) is 0.758. The number of fused-ring (bicyclic) bond motifs is 1. The maximum Gasteiger partial charge on any atom is 0.175 e. The number of hydrogen-bond donors (Lipinski definition) is 0. The zero-order valence-electron chi connectivity index (χ0n) is 9.79. The molecule has 0 saturated heterocycles. The molecule has 0 aliphatic carbocycles. The highest BCUT2D eigenvalue weighted by Gasteiger charge is 2.08. The molecule has 0 aliphatic rings. The third-order valence-electron chi connectivity index (χ3n) is 2.60. The Hall–Kier alpha value is -1.94. The Balaban J connectivity index is 2.02. The molecule has 3 rings (SSSR count). The number of aromatic nitrogens is 1. The minimum absolute atomic E-state index is 0.758. The summed E-state index contributed by atoms with van der Waals surface area (Å²) >= 11 is 1.67. The fourth-order valence-electron chi connectivity index (χ4n) is 1.78. The van der Waals surface area contributed by atoms with E-state index in [9.17, 15) is 0 Å². The van der Waals surface area contributed by atoms with Crippen molar-refractivity contribution in [3.05, 3.63) is 49.0 Å². The van der Waals surface area contributed by atoms with Crippen LogP contribution in [0.1, 0.15) is 0 Å². The van der Waals surface area contributed by atoms with E-state index in [1.54, 1.807) is 37.5 Å². The monoisotopic (exact) mass is 257 g/mol. The van der Waals surface area contributed by atoms with Crippen molar-refractivity contribution in [3.8, 4) is 5.75 Å². The van der Waals surface area contributed by atoms with Gasteiger partial charge in [-0.2, -0.15) is 0 Å². The van der Waals surface area contributed by atoms with Crippen LogP contribution in [0.2, 0.25) is 0 Å². The molecule has 3 nitrogen and oxygen atoms in total. The summed E-state index contributed by atoms with van der Waals surface area (Å²) in [5.41, 5.74) is 0.788. The molecule has 0 saturated carbocycles. The van der Waals surface area contributed by atoms with Crippen molar-refractivity contribution in [2.24, 2.45) is 0 Å². The molecule has 2 aromatic heterocycles. The van der Waals surface area contributed by atoms with Gasteiger partial charge in [0, 0.05) is 27.6 Å². The summed E-state index contributed by atoms with van der Waals surface area (Å²) in [6.45, 7) is 0. The van der Waals surface area contributed by atoms with E-state index in [4.69, 9.17) is 9.15 Å². The van der Waals surface area contributed by atoms with Crippen LogP contribution in [0.5, 0.6) is 5.75 Å². The molecule has 0 spiro atoms. The first-order valence-electron chi connectivity index (χ1n) is 5.50. The van der Waals surface area contributed by atoms with Gasteiger partial charge >= 0.3 is 0 Å². The molecule has 3 aromatic rings. The van der Waals surface area contributed by atoms with E-state index >= 15 is 0 Å². The Labute approximate surface area is 109 Å². The Bertz CT molecular complexity index is 664. The molecule has 0 N–H and O–H groups in total. The first kappa shape index (κ1) is 11.2. The number of methoxy groups -OCH3 is 1.